The van der Waals surface area contributed by atoms with Gasteiger partial charge in [-0.15, -0.1) is 5.10 Å². The summed E-state index contributed by atoms with van der Waals surface area (Å²) >= 11 is 0. The molecular weight excluding hydrogens is 446 g/mol. The molecule has 0 radical (unpaired) electrons. The molecule has 4 rings (SSSR count). The number of hydrogen-bond donors (Lipinski definition) is 3. The summed E-state index contributed by atoms with van der Waals surface area (Å²) < 4.78 is 6.01. The number of hydrogen-bond acceptors (Lipinski definition) is 9. The number of para-hydroxylation sites is 1. The van der Waals surface area contributed by atoms with Gasteiger partial charge in [-0.3, -0.25) is 4.79 Å². The van der Waals surface area contributed by atoms with Crippen molar-refractivity contribution in [3.05, 3.63) is 77.1 Å². The van der Waals surface area contributed by atoms with E-state index in [0.29, 0.717) is 17.3 Å². The fourth-order valence-corrected chi connectivity index (χ4v) is 3.49. The predicted octanol–water partition coefficient (Wildman–Crippen LogP) is 3.20. The summed E-state index contributed by atoms with van der Waals surface area (Å²) in [6.07, 6.45) is 1.01. The van der Waals surface area contributed by atoms with Crippen LogP contribution >= 0.6 is 0 Å². The molecule has 2 heterocycles. The van der Waals surface area contributed by atoms with E-state index in [0.717, 1.165) is 17.7 Å². The Balaban J connectivity index is 1.54. The number of rotatable bonds is 9. The van der Waals surface area contributed by atoms with E-state index in [1.165, 1.54) is 10.2 Å². The number of hydrazone groups is 1. The fourth-order valence-electron chi connectivity index (χ4n) is 3.49. The van der Waals surface area contributed by atoms with Crippen LogP contribution in [-0.4, -0.2) is 36.9 Å². The van der Waals surface area contributed by atoms with Crippen molar-refractivity contribution < 1.29 is 9.42 Å². The highest BCUT2D eigenvalue weighted by molar-refractivity contribution is 6.00. The number of nitrogen functional groups attached to an aromatic ring is 1. The fraction of sp³-hybridized carbons (Fsp3) is 0.250. The number of carbonyl (C=O) groups is 1. The Morgan fingerprint density at radius 2 is 1.86 bits per heavy atom. The molecule has 2 aromatic heterocycles. The molecule has 35 heavy (non-hydrogen) atoms. The molecule has 0 fully saturated rings. The number of nitrogens with two attached hydrogens (primary N) is 1. The molecular formula is C24H27N9O2. The highest BCUT2D eigenvalue weighted by atomic mass is 16.6. The summed E-state index contributed by atoms with van der Waals surface area (Å²) in [5.41, 5.74) is 12.6. The van der Waals surface area contributed by atoms with Crippen molar-refractivity contribution in [1.82, 2.24) is 30.7 Å². The van der Waals surface area contributed by atoms with Gasteiger partial charge in [-0.05, 0) is 52.8 Å². The summed E-state index contributed by atoms with van der Waals surface area (Å²) in [6.45, 7) is 6.41. The lowest BCUT2D eigenvalue weighted by molar-refractivity contribution is 0.0949. The van der Waals surface area contributed by atoms with Gasteiger partial charge in [0.05, 0.1) is 18.0 Å². The summed E-state index contributed by atoms with van der Waals surface area (Å²) in [5, 5.41) is 22.9. The molecule has 0 aliphatic heterocycles. The Hall–Kier alpha value is -4.54. The zero-order valence-corrected chi connectivity index (χ0v) is 19.8. The molecule has 0 bridgehead atoms. The van der Waals surface area contributed by atoms with Gasteiger partial charge in [-0.2, -0.15) is 9.78 Å². The van der Waals surface area contributed by atoms with E-state index in [9.17, 15) is 4.79 Å². The van der Waals surface area contributed by atoms with Crippen molar-refractivity contribution in [2.45, 2.75) is 33.7 Å². The molecule has 4 N–H and O–H groups in total. The monoisotopic (exact) mass is 473 g/mol. The van der Waals surface area contributed by atoms with Crippen LogP contribution in [0.3, 0.4) is 0 Å². The van der Waals surface area contributed by atoms with Gasteiger partial charge in [0, 0.05) is 5.69 Å². The van der Waals surface area contributed by atoms with E-state index in [-0.39, 0.29) is 23.9 Å². The van der Waals surface area contributed by atoms with Gasteiger partial charge in [0.15, 0.2) is 5.69 Å². The van der Waals surface area contributed by atoms with Crippen LogP contribution in [-0.2, 0) is 13.0 Å². The quantitative estimate of drug-likeness (QED) is 0.248. The first kappa shape index (κ1) is 23.6. The van der Waals surface area contributed by atoms with Crippen molar-refractivity contribution in [1.29, 1.82) is 0 Å². The molecule has 11 nitrogen and oxygen atoms in total. The highest BCUT2D eigenvalue weighted by Gasteiger charge is 2.24. The van der Waals surface area contributed by atoms with E-state index >= 15 is 0 Å². The lowest BCUT2D eigenvalue weighted by Gasteiger charge is -2.09. The van der Waals surface area contributed by atoms with Crippen molar-refractivity contribution in [2.75, 3.05) is 11.1 Å². The third-order valence-corrected chi connectivity index (χ3v) is 5.25. The maximum Gasteiger partial charge on any atom is 0.293 e. The van der Waals surface area contributed by atoms with Crippen molar-refractivity contribution in [3.8, 4) is 5.82 Å². The molecule has 11 heteroatoms. The van der Waals surface area contributed by atoms with Crippen molar-refractivity contribution in [3.63, 3.8) is 0 Å². The molecule has 4 aromatic rings. The third kappa shape index (κ3) is 5.69. The van der Waals surface area contributed by atoms with Crippen LogP contribution < -0.4 is 16.5 Å². The molecule has 0 saturated heterocycles. The van der Waals surface area contributed by atoms with Crippen LogP contribution in [0.25, 0.3) is 5.82 Å². The highest BCUT2D eigenvalue weighted by Crippen LogP contribution is 2.18. The lowest BCUT2D eigenvalue weighted by Crippen LogP contribution is -2.22. The Bertz CT molecular complexity index is 1310. The number of nitrogens with zero attached hydrogens (tertiary/aromatic N) is 6. The Morgan fingerprint density at radius 1 is 1.11 bits per heavy atom. The minimum Gasteiger partial charge on any atom is -0.379 e. The number of carbonyl (C=O) groups excluding carboxylic acids is 1. The van der Waals surface area contributed by atoms with E-state index in [1.807, 2.05) is 49.4 Å². The lowest BCUT2D eigenvalue weighted by atomic mass is 10.0. The third-order valence-electron chi connectivity index (χ3n) is 5.25. The van der Waals surface area contributed by atoms with Crippen molar-refractivity contribution >= 4 is 23.1 Å². The minimum absolute atomic E-state index is 0.0256. The van der Waals surface area contributed by atoms with Gasteiger partial charge in [0.1, 0.15) is 0 Å². The van der Waals surface area contributed by atoms with Gasteiger partial charge in [0.25, 0.3) is 5.91 Å². The second-order valence-corrected chi connectivity index (χ2v) is 8.42. The van der Waals surface area contributed by atoms with Crippen molar-refractivity contribution in [2.24, 2.45) is 11.0 Å². The van der Waals surface area contributed by atoms with Gasteiger partial charge >= 0.3 is 0 Å². The summed E-state index contributed by atoms with van der Waals surface area (Å²) in [6, 6.07) is 17.7. The van der Waals surface area contributed by atoms with Crippen LogP contribution in [0.5, 0.6) is 0 Å². The largest absolute Gasteiger partial charge is 0.379 e. The summed E-state index contributed by atoms with van der Waals surface area (Å²) in [4.78, 5) is 13.0. The van der Waals surface area contributed by atoms with E-state index in [2.05, 4.69) is 67.1 Å². The second-order valence-electron chi connectivity index (χ2n) is 8.42. The zero-order valence-electron chi connectivity index (χ0n) is 19.8. The molecule has 1 amide bonds. The minimum atomic E-state index is -0.521. The Morgan fingerprint density at radius 3 is 2.51 bits per heavy atom. The van der Waals surface area contributed by atoms with Crippen LogP contribution in [0, 0.1) is 5.92 Å². The van der Waals surface area contributed by atoms with E-state index in [1.54, 1.807) is 0 Å². The summed E-state index contributed by atoms with van der Waals surface area (Å²) in [7, 11) is 0. The van der Waals surface area contributed by atoms with Crippen LogP contribution in [0.4, 0.5) is 11.5 Å². The molecule has 0 spiro atoms. The van der Waals surface area contributed by atoms with E-state index in [4.69, 9.17) is 5.73 Å². The topological polar surface area (TPSA) is 149 Å². The number of nitrogens with one attached hydrogen (secondary N) is 2. The molecule has 0 unspecified atom stereocenters. The average Bonchev–Trinajstić information content (AvgIpc) is 3.47. The van der Waals surface area contributed by atoms with Crippen LogP contribution in [0.2, 0.25) is 0 Å². The van der Waals surface area contributed by atoms with Crippen LogP contribution in [0.1, 0.15) is 48.1 Å². The molecule has 0 atom stereocenters. The molecule has 0 saturated carbocycles. The molecule has 2 aromatic carbocycles. The Labute approximate surface area is 202 Å². The van der Waals surface area contributed by atoms with Gasteiger partial charge in [0.2, 0.25) is 11.6 Å². The number of aromatic nitrogens is 5. The average molecular weight is 474 g/mol. The molecule has 0 aliphatic rings. The smallest absolute Gasteiger partial charge is 0.293 e. The second kappa shape index (κ2) is 10.6. The maximum atomic E-state index is 13.0. The first-order chi connectivity index (χ1) is 16.9. The van der Waals surface area contributed by atoms with Gasteiger partial charge < -0.3 is 11.1 Å². The predicted molar refractivity (Wildman–Crippen MR) is 132 cm³/mol. The van der Waals surface area contributed by atoms with Gasteiger partial charge in [-0.1, -0.05) is 61.5 Å². The first-order valence-electron chi connectivity index (χ1n) is 11.2. The van der Waals surface area contributed by atoms with Gasteiger partial charge in [-0.25, -0.2) is 10.1 Å². The normalized spacial score (nSPS) is 11.6. The Kier molecular flexibility index (Phi) is 7.15. The van der Waals surface area contributed by atoms with E-state index < -0.39 is 5.91 Å². The maximum absolute atomic E-state index is 13.0. The first-order valence-corrected chi connectivity index (χ1v) is 11.2. The standard InChI is InChI=1S/C24H27N9O2/c1-15(2)13-17-9-11-18(12-10-17)16(3)27-29-24(34)21-20(14-26-19-7-5-4-6-8-19)33(32-28-21)23-22(25)30-35-31-23/h4-12,15,26H,13-14H2,1-3H3,(H2,25,30)(H,29,34). The number of amides is 1. The number of anilines is 2. The number of benzene rings is 2. The zero-order chi connectivity index (χ0) is 24.8. The van der Waals surface area contributed by atoms with Crippen LogP contribution in [0.15, 0.2) is 64.3 Å². The molecule has 0 aliphatic carbocycles. The SMILES string of the molecule is CC(=NNC(=O)c1nnn(-c2nonc2N)c1CNc1ccccc1)c1ccc(CC(C)C)cc1. The molecule has 180 valence electrons. The summed E-state index contributed by atoms with van der Waals surface area (Å²) in [5.74, 6) is 0.226.